The molecular formula is C27H37ClN2O5. The van der Waals surface area contributed by atoms with E-state index in [9.17, 15) is 9.59 Å². The first-order chi connectivity index (χ1) is 17.0. The summed E-state index contributed by atoms with van der Waals surface area (Å²) in [6, 6.07) is 1.89. The summed E-state index contributed by atoms with van der Waals surface area (Å²) in [6.45, 7) is 5.56. The van der Waals surface area contributed by atoms with Gasteiger partial charge in [-0.1, -0.05) is 41.1 Å². The van der Waals surface area contributed by atoms with Crippen molar-refractivity contribution in [3.05, 3.63) is 57.6 Å². The zero-order valence-corrected chi connectivity index (χ0v) is 21.8. The standard InChI is InChI=1S/C26H33ClN2O4.CH4O/c1-19-16-20(2)25(27)22-17-21(28-33-18-23(30)29-13-9-7-10-14-29)12-8-5-3-4-6-11-15-32-26(31)24(19)22;1-2/h4,6,8,12,16H,3,5,7,9-11,13-15,17-18H2,1-2H3;2H,1H3/b6-4+,12-8+,28-21?;. The summed E-state index contributed by atoms with van der Waals surface area (Å²) in [5, 5.41) is 11.8. The van der Waals surface area contributed by atoms with E-state index in [-0.39, 0.29) is 18.5 Å². The number of benzene rings is 1. The number of hydrogen-bond donors (Lipinski definition) is 1. The Morgan fingerprint density at radius 1 is 1.09 bits per heavy atom. The molecule has 0 spiro atoms. The van der Waals surface area contributed by atoms with Crippen LogP contribution in [0.15, 0.2) is 35.5 Å². The van der Waals surface area contributed by atoms with Crippen molar-refractivity contribution < 1.29 is 24.3 Å². The number of ether oxygens (including phenoxy) is 1. The van der Waals surface area contributed by atoms with Gasteiger partial charge in [-0.05, 0) is 75.1 Å². The monoisotopic (exact) mass is 504 g/mol. The summed E-state index contributed by atoms with van der Waals surface area (Å²) in [5.74, 6) is -0.442. The van der Waals surface area contributed by atoms with Gasteiger partial charge in [0.15, 0.2) is 6.61 Å². The van der Waals surface area contributed by atoms with E-state index in [1.807, 2.05) is 43.0 Å². The molecule has 1 saturated heterocycles. The minimum Gasteiger partial charge on any atom is -0.462 e. The average Bonchev–Trinajstić information content (AvgIpc) is 2.87. The number of carbonyl (C=O) groups excluding carboxylic acids is 2. The van der Waals surface area contributed by atoms with Crippen LogP contribution in [0.1, 0.15) is 65.6 Å². The van der Waals surface area contributed by atoms with Crippen molar-refractivity contribution in [1.29, 1.82) is 0 Å². The number of allylic oxidation sites excluding steroid dienone is 3. The summed E-state index contributed by atoms with van der Waals surface area (Å²) < 4.78 is 5.52. The molecule has 35 heavy (non-hydrogen) atoms. The zero-order chi connectivity index (χ0) is 25.6. The van der Waals surface area contributed by atoms with Crippen LogP contribution in [0.4, 0.5) is 0 Å². The van der Waals surface area contributed by atoms with Crippen molar-refractivity contribution >= 4 is 29.2 Å². The molecule has 1 fully saturated rings. The highest BCUT2D eigenvalue weighted by atomic mass is 35.5. The van der Waals surface area contributed by atoms with Crippen LogP contribution in [0, 0.1) is 13.8 Å². The number of fused-ring (bicyclic) bond motifs is 1. The van der Waals surface area contributed by atoms with Crippen LogP contribution in [0.25, 0.3) is 0 Å². The molecule has 2 aliphatic rings. The fraction of sp³-hybridized carbons (Fsp3) is 0.519. The van der Waals surface area contributed by atoms with Gasteiger partial charge in [-0.15, -0.1) is 0 Å². The van der Waals surface area contributed by atoms with Gasteiger partial charge in [0, 0.05) is 31.6 Å². The topological polar surface area (TPSA) is 88.4 Å². The lowest BCUT2D eigenvalue weighted by Gasteiger charge is -2.26. The molecule has 0 radical (unpaired) electrons. The third-order valence-corrected chi connectivity index (χ3v) is 6.40. The predicted molar refractivity (Wildman–Crippen MR) is 139 cm³/mol. The van der Waals surface area contributed by atoms with E-state index in [2.05, 4.69) is 11.2 Å². The largest absolute Gasteiger partial charge is 0.462 e. The summed E-state index contributed by atoms with van der Waals surface area (Å²) >= 11 is 6.65. The maximum atomic E-state index is 12.9. The van der Waals surface area contributed by atoms with Crippen LogP contribution < -0.4 is 0 Å². The maximum Gasteiger partial charge on any atom is 0.338 e. The number of likely N-dealkylation sites (tertiary alicyclic amines) is 1. The van der Waals surface area contributed by atoms with E-state index in [0.717, 1.165) is 63.4 Å². The highest BCUT2D eigenvalue weighted by Gasteiger charge is 2.22. The lowest BCUT2D eigenvalue weighted by atomic mass is 9.94. The molecule has 1 amide bonds. The highest BCUT2D eigenvalue weighted by molar-refractivity contribution is 6.33. The van der Waals surface area contributed by atoms with Gasteiger partial charge in [-0.2, -0.15) is 0 Å². The normalized spacial score (nSPS) is 20.0. The third kappa shape index (κ3) is 8.82. The van der Waals surface area contributed by atoms with E-state index in [4.69, 9.17) is 26.3 Å². The van der Waals surface area contributed by atoms with Crippen molar-refractivity contribution in [3.63, 3.8) is 0 Å². The number of amides is 1. The van der Waals surface area contributed by atoms with Gasteiger partial charge in [0.2, 0.25) is 0 Å². The van der Waals surface area contributed by atoms with Gasteiger partial charge >= 0.3 is 5.97 Å². The number of aliphatic hydroxyl groups is 1. The molecule has 8 heteroatoms. The number of piperidine rings is 1. The van der Waals surface area contributed by atoms with Crippen molar-refractivity contribution in [2.45, 2.75) is 58.8 Å². The van der Waals surface area contributed by atoms with E-state index < -0.39 is 0 Å². The fourth-order valence-corrected chi connectivity index (χ4v) is 4.36. The van der Waals surface area contributed by atoms with Crippen molar-refractivity contribution in [1.82, 2.24) is 4.90 Å². The Kier molecular flexibility index (Phi) is 12.6. The zero-order valence-electron chi connectivity index (χ0n) is 21.0. The van der Waals surface area contributed by atoms with Crippen molar-refractivity contribution in [2.24, 2.45) is 5.16 Å². The van der Waals surface area contributed by atoms with Crippen LogP contribution in [-0.4, -0.2) is 61.0 Å². The number of carbonyl (C=O) groups is 2. The molecule has 0 aliphatic carbocycles. The highest BCUT2D eigenvalue weighted by Crippen LogP contribution is 2.29. The number of halogens is 1. The molecular weight excluding hydrogens is 468 g/mol. The second-order valence-electron chi connectivity index (χ2n) is 8.53. The van der Waals surface area contributed by atoms with Gasteiger partial charge in [-0.25, -0.2) is 4.79 Å². The molecule has 1 aromatic carbocycles. The number of oxime groups is 1. The SMILES string of the molecule is CO.Cc1cc(C)c2c(c1Cl)CC(=NOCC(=O)N1CCCCC1)/C=C/CC/C=C/CCOC2=O. The molecule has 0 unspecified atom stereocenters. The molecule has 0 aromatic heterocycles. The van der Waals surface area contributed by atoms with Crippen LogP contribution in [-0.2, 0) is 20.8 Å². The van der Waals surface area contributed by atoms with E-state index in [0.29, 0.717) is 41.3 Å². The number of esters is 1. The van der Waals surface area contributed by atoms with Gasteiger partial charge in [0.05, 0.1) is 17.9 Å². The number of nitrogens with zero attached hydrogens (tertiary/aromatic N) is 2. The smallest absolute Gasteiger partial charge is 0.338 e. The predicted octanol–water partition coefficient (Wildman–Crippen LogP) is 4.95. The van der Waals surface area contributed by atoms with Crippen molar-refractivity contribution in [2.75, 3.05) is 33.4 Å². The number of rotatable bonds is 3. The molecule has 0 atom stereocenters. The molecule has 0 bridgehead atoms. The summed E-state index contributed by atoms with van der Waals surface area (Å²) in [6.07, 6.45) is 13.9. The third-order valence-electron chi connectivity index (χ3n) is 5.88. The molecule has 2 aliphatic heterocycles. The Labute approximate surface area is 213 Å². The van der Waals surface area contributed by atoms with E-state index in [1.54, 1.807) is 0 Å². The minimum atomic E-state index is -0.389. The Hall–Kier alpha value is -2.64. The number of hydrogen-bond acceptors (Lipinski definition) is 6. The molecule has 1 aromatic rings. The molecule has 192 valence electrons. The average molecular weight is 505 g/mol. The quantitative estimate of drug-likeness (QED) is 0.357. The molecule has 3 rings (SSSR count). The lowest BCUT2D eigenvalue weighted by Crippen LogP contribution is -2.37. The van der Waals surface area contributed by atoms with Gasteiger partial charge in [0.25, 0.3) is 5.91 Å². The van der Waals surface area contributed by atoms with Crippen LogP contribution >= 0.6 is 11.6 Å². The van der Waals surface area contributed by atoms with Gasteiger partial charge < -0.3 is 19.6 Å². The Morgan fingerprint density at radius 2 is 1.77 bits per heavy atom. The number of cyclic esters (lactones) is 1. The van der Waals surface area contributed by atoms with Crippen LogP contribution in [0.5, 0.6) is 0 Å². The van der Waals surface area contributed by atoms with E-state index in [1.165, 1.54) is 0 Å². The minimum absolute atomic E-state index is 0.0530. The van der Waals surface area contributed by atoms with Gasteiger partial charge in [-0.3, -0.25) is 4.79 Å². The second-order valence-corrected chi connectivity index (χ2v) is 8.91. The Bertz CT molecular complexity index is 949. The maximum absolute atomic E-state index is 12.9. The Balaban J connectivity index is 0.00000210. The first kappa shape index (κ1) is 28.6. The molecule has 1 N–H and O–H groups in total. The molecule has 7 nitrogen and oxygen atoms in total. The Morgan fingerprint density at radius 3 is 2.51 bits per heavy atom. The van der Waals surface area contributed by atoms with E-state index >= 15 is 0 Å². The first-order valence-corrected chi connectivity index (χ1v) is 12.5. The second kappa shape index (κ2) is 15.4. The summed E-state index contributed by atoms with van der Waals surface area (Å²) in [4.78, 5) is 32.6. The van der Waals surface area contributed by atoms with Crippen molar-refractivity contribution in [3.8, 4) is 0 Å². The molecule has 0 saturated carbocycles. The molecule has 2 heterocycles. The first-order valence-electron chi connectivity index (χ1n) is 12.2. The van der Waals surface area contributed by atoms with Gasteiger partial charge in [0.1, 0.15) is 0 Å². The van der Waals surface area contributed by atoms with Crippen LogP contribution in [0.3, 0.4) is 0 Å². The summed E-state index contributed by atoms with van der Waals surface area (Å²) in [5.41, 5.74) is 3.43. The van der Waals surface area contributed by atoms with Crippen LogP contribution in [0.2, 0.25) is 5.02 Å². The summed E-state index contributed by atoms with van der Waals surface area (Å²) in [7, 11) is 1.00. The number of aliphatic hydroxyl groups excluding tert-OH is 1. The number of aryl methyl sites for hydroxylation is 2. The lowest BCUT2D eigenvalue weighted by molar-refractivity contribution is -0.137. The fourth-order valence-electron chi connectivity index (χ4n) is 4.14.